The van der Waals surface area contributed by atoms with Crippen molar-refractivity contribution < 1.29 is 9.53 Å². The third-order valence-corrected chi connectivity index (χ3v) is 5.94. The van der Waals surface area contributed by atoms with Gasteiger partial charge in [0.2, 0.25) is 0 Å². The van der Waals surface area contributed by atoms with E-state index < -0.39 is 0 Å². The van der Waals surface area contributed by atoms with Gasteiger partial charge < -0.3 is 14.2 Å². The first-order chi connectivity index (χ1) is 14.1. The number of benzene rings is 1. The van der Waals surface area contributed by atoms with Crippen LogP contribution in [0, 0.1) is 5.92 Å². The third-order valence-electron chi connectivity index (χ3n) is 5.94. The third kappa shape index (κ3) is 3.12. The molecule has 2 aliphatic rings. The average Bonchev–Trinajstić information content (AvgIpc) is 3.24. The summed E-state index contributed by atoms with van der Waals surface area (Å²) in [5.74, 6) is 1.19. The Bertz CT molecular complexity index is 1130. The van der Waals surface area contributed by atoms with E-state index in [4.69, 9.17) is 4.74 Å². The van der Waals surface area contributed by atoms with Gasteiger partial charge in [0.15, 0.2) is 0 Å². The highest BCUT2D eigenvalue weighted by molar-refractivity contribution is 5.93. The quantitative estimate of drug-likeness (QED) is 0.745. The number of aromatic nitrogens is 3. The maximum Gasteiger partial charge on any atom is 0.271 e. The van der Waals surface area contributed by atoms with Gasteiger partial charge in [-0.3, -0.25) is 14.7 Å². The van der Waals surface area contributed by atoms with Crippen molar-refractivity contribution in [2.24, 2.45) is 5.92 Å². The summed E-state index contributed by atoms with van der Waals surface area (Å²) in [4.78, 5) is 27.2. The second-order valence-corrected chi connectivity index (χ2v) is 7.81. The Morgan fingerprint density at radius 3 is 2.86 bits per heavy atom. The van der Waals surface area contributed by atoms with Gasteiger partial charge in [-0.05, 0) is 36.6 Å². The number of nitrogens with zero attached hydrogens (tertiary/aromatic N) is 3. The molecule has 1 aromatic carbocycles. The van der Waals surface area contributed by atoms with Crippen molar-refractivity contribution in [2.75, 3.05) is 20.2 Å². The van der Waals surface area contributed by atoms with E-state index in [0.717, 1.165) is 23.4 Å². The summed E-state index contributed by atoms with van der Waals surface area (Å²) in [7, 11) is 1.62. The molecule has 7 heteroatoms. The topological polar surface area (TPSA) is 80.2 Å². The normalized spacial score (nSPS) is 20.2. The predicted molar refractivity (Wildman–Crippen MR) is 108 cm³/mol. The first kappa shape index (κ1) is 17.7. The van der Waals surface area contributed by atoms with Crippen LogP contribution in [0.25, 0.3) is 11.3 Å². The van der Waals surface area contributed by atoms with Crippen LogP contribution in [0.15, 0.2) is 53.3 Å². The van der Waals surface area contributed by atoms with Crippen LogP contribution in [0.5, 0.6) is 5.75 Å². The number of nitrogens with one attached hydrogen (secondary N) is 1. The fourth-order valence-electron chi connectivity index (χ4n) is 4.59. The van der Waals surface area contributed by atoms with Crippen LogP contribution in [0.3, 0.4) is 0 Å². The minimum Gasteiger partial charge on any atom is -0.497 e. The molecule has 0 spiro atoms. The van der Waals surface area contributed by atoms with Gasteiger partial charge in [-0.2, -0.15) is 5.10 Å². The van der Waals surface area contributed by atoms with Gasteiger partial charge in [-0.15, -0.1) is 0 Å². The van der Waals surface area contributed by atoms with Gasteiger partial charge in [-0.1, -0.05) is 18.2 Å². The maximum absolute atomic E-state index is 13.1. The SMILES string of the molecule is COc1cccc(-c2cc(C(=O)N3C[C@@H]4C[C@@H](C3)c3cccc(=O)n3C4)[nH]n2)c1. The summed E-state index contributed by atoms with van der Waals surface area (Å²) in [6, 6.07) is 14.8. The minimum atomic E-state index is -0.0481. The lowest BCUT2D eigenvalue weighted by Gasteiger charge is -2.42. The highest BCUT2D eigenvalue weighted by atomic mass is 16.5. The number of ether oxygens (including phenoxy) is 1. The Balaban J connectivity index is 1.38. The average molecular weight is 390 g/mol. The number of likely N-dealkylation sites (tertiary alicyclic amines) is 1. The molecule has 1 amide bonds. The number of hydrogen-bond donors (Lipinski definition) is 1. The van der Waals surface area contributed by atoms with Crippen molar-refractivity contribution in [2.45, 2.75) is 18.9 Å². The molecule has 4 heterocycles. The second-order valence-electron chi connectivity index (χ2n) is 7.81. The van der Waals surface area contributed by atoms with Crippen molar-refractivity contribution in [1.29, 1.82) is 0 Å². The number of carbonyl (C=O) groups is 1. The number of rotatable bonds is 3. The predicted octanol–water partition coefficient (Wildman–Crippen LogP) is 2.51. The second kappa shape index (κ2) is 6.92. The Morgan fingerprint density at radius 1 is 1.14 bits per heavy atom. The van der Waals surface area contributed by atoms with Crippen LogP contribution >= 0.6 is 0 Å². The number of aromatic amines is 1. The highest BCUT2D eigenvalue weighted by Crippen LogP contribution is 2.35. The van der Waals surface area contributed by atoms with Gasteiger partial charge in [0.1, 0.15) is 11.4 Å². The lowest BCUT2D eigenvalue weighted by Crippen LogP contribution is -2.49. The summed E-state index contributed by atoms with van der Waals surface area (Å²) >= 11 is 0. The maximum atomic E-state index is 13.1. The van der Waals surface area contributed by atoms with Gasteiger partial charge >= 0.3 is 0 Å². The zero-order valence-electron chi connectivity index (χ0n) is 16.2. The first-order valence-electron chi connectivity index (χ1n) is 9.81. The number of methoxy groups -OCH3 is 1. The number of fused-ring (bicyclic) bond motifs is 4. The molecule has 2 bridgehead atoms. The van der Waals surface area contributed by atoms with Crippen LogP contribution in [0.2, 0.25) is 0 Å². The molecule has 148 valence electrons. The molecule has 1 N–H and O–H groups in total. The Hall–Kier alpha value is -3.35. The van der Waals surface area contributed by atoms with Crippen LogP contribution < -0.4 is 10.3 Å². The van der Waals surface area contributed by atoms with Crippen molar-refractivity contribution >= 4 is 5.91 Å². The van der Waals surface area contributed by atoms with E-state index in [-0.39, 0.29) is 17.4 Å². The molecule has 7 nitrogen and oxygen atoms in total. The van der Waals surface area contributed by atoms with Crippen molar-refractivity contribution in [3.63, 3.8) is 0 Å². The van der Waals surface area contributed by atoms with Crippen LogP contribution in [0.1, 0.15) is 28.5 Å². The summed E-state index contributed by atoms with van der Waals surface area (Å²) in [5.41, 5.74) is 3.17. The molecule has 2 aromatic heterocycles. The van der Waals surface area contributed by atoms with E-state index in [0.29, 0.717) is 36.9 Å². The van der Waals surface area contributed by atoms with Gasteiger partial charge in [0, 0.05) is 42.9 Å². The summed E-state index contributed by atoms with van der Waals surface area (Å²) < 4.78 is 7.14. The van der Waals surface area contributed by atoms with E-state index in [9.17, 15) is 9.59 Å². The lowest BCUT2D eigenvalue weighted by atomic mass is 9.83. The van der Waals surface area contributed by atoms with Crippen LogP contribution in [-0.2, 0) is 6.54 Å². The number of hydrogen-bond acceptors (Lipinski definition) is 4. The number of amides is 1. The van der Waals surface area contributed by atoms with E-state index >= 15 is 0 Å². The van der Waals surface area contributed by atoms with E-state index in [1.165, 1.54) is 0 Å². The smallest absolute Gasteiger partial charge is 0.271 e. The zero-order chi connectivity index (χ0) is 20.0. The van der Waals surface area contributed by atoms with Crippen LogP contribution in [0.4, 0.5) is 0 Å². The Kier molecular flexibility index (Phi) is 4.23. The molecule has 1 fully saturated rings. The highest BCUT2D eigenvalue weighted by Gasteiger charge is 2.36. The molecule has 1 saturated heterocycles. The molecule has 0 unspecified atom stereocenters. The molecule has 5 rings (SSSR count). The molecule has 29 heavy (non-hydrogen) atoms. The molecular formula is C22H22N4O3. The van der Waals surface area contributed by atoms with Gasteiger partial charge in [0.05, 0.1) is 12.8 Å². The van der Waals surface area contributed by atoms with Crippen molar-refractivity contribution in [3.05, 3.63) is 70.3 Å². The molecule has 0 saturated carbocycles. The lowest BCUT2D eigenvalue weighted by molar-refractivity contribution is 0.0588. The molecular weight excluding hydrogens is 368 g/mol. The molecule has 0 aliphatic carbocycles. The number of H-pyrrole nitrogens is 1. The van der Waals surface area contributed by atoms with E-state index in [1.807, 2.05) is 45.9 Å². The van der Waals surface area contributed by atoms with Crippen molar-refractivity contribution in [3.8, 4) is 17.0 Å². The summed E-state index contributed by atoms with van der Waals surface area (Å²) in [6.07, 6.45) is 1.02. The fourth-order valence-corrected chi connectivity index (χ4v) is 4.59. The summed E-state index contributed by atoms with van der Waals surface area (Å²) in [5, 5.41) is 7.22. The number of carbonyl (C=O) groups excluding carboxylic acids is 1. The Labute approximate surface area is 167 Å². The molecule has 3 aromatic rings. The van der Waals surface area contributed by atoms with Crippen molar-refractivity contribution in [1.82, 2.24) is 19.7 Å². The summed E-state index contributed by atoms with van der Waals surface area (Å²) in [6.45, 7) is 1.95. The van der Waals surface area contributed by atoms with Gasteiger partial charge in [-0.25, -0.2) is 0 Å². The van der Waals surface area contributed by atoms with E-state index in [2.05, 4.69) is 10.2 Å². The first-order valence-corrected chi connectivity index (χ1v) is 9.81. The fraction of sp³-hybridized carbons (Fsp3) is 0.318. The minimum absolute atomic E-state index is 0.0481. The zero-order valence-corrected chi connectivity index (χ0v) is 16.2. The number of pyridine rings is 1. The van der Waals surface area contributed by atoms with Gasteiger partial charge in [0.25, 0.3) is 11.5 Å². The monoisotopic (exact) mass is 390 g/mol. The number of piperidine rings is 1. The largest absolute Gasteiger partial charge is 0.497 e. The Morgan fingerprint density at radius 2 is 2.00 bits per heavy atom. The van der Waals surface area contributed by atoms with Crippen LogP contribution in [-0.4, -0.2) is 45.8 Å². The molecule has 2 atom stereocenters. The molecule has 0 radical (unpaired) electrons. The standard InChI is InChI=1S/C22H22N4O3/c1-29-17-5-2-4-15(9-17)18-10-19(24-23-18)22(28)25-11-14-8-16(13-25)20-6-3-7-21(27)26(20)12-14/h2-7,9-10,14,16H,8,11-13H2,1H3,(H,23,24)/t14-,16-/m0/s1. The molecule has 2 aliphatic heterocycles. The van der Waals surface area contributed by atoms with E-state index in [1.54, 1.807) is 19.2 Å².